The van der Waals surface area contributed by atoms with Gasteiger partial charge in [0.2, 0.25) is 0 Å². The molecule has 0 radical (unpaired) electrons. The Labute approximate surface area is 674 Å². The van der Waals surface area contributed by atoms with Gasteiger partial charge in [-0.1, -0.05) is 350 Å². The van der Waals surface area contributed by atoms with Gasteiger partial charge in [-0.3, -0.25) is 0 Å². The Balaban J connectivity index is 0.825. The highest BCUT2D eigenvalue weighted by Crippen LogP contribution is 2.72. The monoisotopic (exact) mass is 1480 g/mol. The first-order valence-electron chi connectivity index (χ1n) is 44.1. The van der Waals surface area contributed by atoms with Crippen LogP contribution in [0.1, 0.15) is 254 Å². The molecule has 13 aromatic carbocycles. The Hall–Kier alpha value is -10.7. The molecule has 0 atom stereocenters. The topological polar surface area (TPSA) is 29.5 Å². The predicted octanol–water partition coefficient (Wildman–Crippen LogP) is 31.9. The number of rotatable bonds is 27. The number of para-hydroxylation sites is 2. The molecule has 0 amide bonds. The fraction of sp³-hybridized carbons (Fsp3) is 0.297. The smallest absolute Gasteiger partial charge is 0.144 e. The SMILES string of the molecule is CCCCCCCC1(CCCCCCC)c2ccccc2-c2c1c1c(c3c2oc2ccccc23)-c2ccc(N(c3ccc(C)cc3)c3ccc4c(c3)C3(c5ccccc5-c5ccccc53)c3cc5c(cc3-4)C3(c4ccccc4-c4ccccc43)c3ccc4oc6ccccc6c4c3-5)cc2C1(CCCCCCC)CCCCCCC. The first-order valence-corrected chi connectivity index (χ1v) is 44.1. The van der Waals surface area contributed by atoms with Gasteiger partial charge >= 0.3 is 0 Å². The van der Waals surface area contributed by atoms with E-state index < -0.39 is 10.8 Å². The minimum absolute atomic E-state index is 0.179. The second-order valence-electron chi connectivity index (χ2n) is 34.9. The van der Waals surface area contributed by atoms with Crippen molar-refractivity contribution >= 4 is 60.9 Å². The van der Waals surface area contributed by atoms with E-state index in [2.05, 4.69) is 294 Å². The fourth-order valence-corrected chi connectivity index (χ4v) is 23.9. The van der Waals surface area contributed by atoms with Gasteiger partial charge in [0.25, 0.3) is 0 Å². The zero-order chi connectivity index (χ0) is 76.4. The summed E-state index contributed by atoms with van der Waals surface area (Å²) in [5, 5.41) is 4.91. The molecule has 0 bridgehead atoms. The van der Waals surface area contributed by atoms with E-state index in [0.29, 0.717) is 0 Å². The third-order valence-corrected chi connectivity index (χ3v) is 28.7. The molecule has 0 saturated heterocycles. The molecule has 2 aromatic heterocycles. The summed E-state index contributed by atoms with van der Waals surface area (Å²) in [6, 6.07) is 100. The summed E-state index contributed by atoms with van der Waals surface area (Å²) in [6.07, 6.45) is 29.5. The average molecular weight is 1490 g/mol. The number of anilines is 3. The molecule has 21 rings (SSSR count). The third kappa shape index (κ3) is 10.2. The zero-order valence-electron chi connectivity index (χ0n) is 67.5. The molecule has 0 fully saturated rings. The largest absolute Gasteiger partial charge is 0.456 e. The van der Waals surface area contributed by atoms with Crippen LogP contribution >= 0.6 is 0 Å². The molecule has 2 heterocycles. The first kappa shape index (κ1) is 71.1. The van der Waals surface area contributed by atoms with Gasteiger partial charge in [0, 0.05) is 55.0 Å². The summed E-state index contributed by atoms with van der Waals surface area (Å²) in [4.78, 5) is 2.68. The van der Waals surface area contributed by atoms with Crippen molar-refractivity contribution in [2.75, 3.05) is 4.90 Å². The average Bonchev–Trinajstić information content (AvgIpc) is 1.49. The van der Waals surface area contributed by atoms with E-state index in [1.807, 2.05) is 0 Å². The van der Waals surface area contributed by atoms with Crippen LogP contribution in [0, 0.1) is 6.92 Å². The van der Waals surface area contributed by atoms with Crippen LogP contribution in [0.5, 0.6) is 0 Å². The van der Waals surface area contributed by atoms with Crippen molar-refractivity contribution in [2.45, 2.75) is 210 Å². The fourth-order valence-electron chi connectivity index (χ4n) is 23.9. The highest BCUT2D eigenvalue weighted by Gasteiger charge is 2.59. The minimum atomic E-state index is -0.685. The summed E-state index contributed by atoms with van der Waals surface area (Å²) in [5.41, 5.74) is 40.1. The van der Waals surface area contributed by atoms with Gasteiger partial charge < -0.3 is 13.7 Å². The Morgan fingerprint density at radius 2 is 0.640 bits per heavy atom. The molecule has 0 N–H and O–H groups in total. The molecule has 15 aromatic rings. The maximum absolute atomic E-state index is 7.66. The number of hydrogen-bond donors (Lipinski definition) is 0. The van der Waals surface area contributed by atoms with E-state index in [4.69, 9.17) is 8.83 Å². The van der Waals surface area contributed by atoms with Crippen molar-refractivity contribution in [1.29, 1.82) is 0 Å². The van der Waals surface area contributed by atoms with Crippen LogP contribution in [-0.2, 0) is 21.7 Å². The molecule has 3 heteroatoms. The van der Waals surface area contributed by atoms with Crippen molar-refractivity contribution in [1.82, 2.24) is 0 Å². The van der Waals surface area contributed by atoms with E-state index in [1.165, 1.54) is 273 Å². The third-order valence-electron chi connectivity index (χ3n) is 28.7. The van der Waals surface area contributed by atoms with Crippen LogP contribution in [0.3, 0.4) is 0 Å². The molecule has 6 aliphatic carbocycles. The molecule has 114 heavy (non-hydrogen) atoms. The van der Waals surface area contributed by atoms with E-state index in [0.717, 1.165) is 64.8 Å². The van der Waals surface area contributed by atoms with Crippen molar-refractivity contribution < 1.29 is 8.83 Å². The quantitative estimate of drug-likeness (QED) is 0.0481. The van der Waals surface area contributed by atoms with Gasteiger partial charge in [-0.25, -0.2) is 0 Å². The molecular formula is C111H105NO2. The Bertz CT molecular complexity index is 6180. The molecule has 2 spiro atoms. The Morgan fingerprint density at radius 3 is 1.18 bits per heavy atom. The van der Waals surface area contributed by atoms with Crippen LogP contribution in [0.4, 0.5) is 17.1 Å². The van der Waals surface area contributed by atoms with E-state index in [1.54, 1.807) is 16.7 Å². The van der Waals surface area contributed by atoms with Crippen LogP contribution in [0.25, 0.3) is 111 Å². The lowest BCUT2D eigenvalue weighted by atomic mass is 9.62. The Kier molecular flexibility index (Phi) is 17.7. The summed E-state index contributed by atoms with van der Waals surface area (Å²) < 4.78 is 14.6. The number of hydrogen-bond acceptors (Lipinski definition) is 3. The van der Waals surface area contributed by atoms with Crippen LogP contribution in [-0.4, -0.2) is 0 Å². The number of unbranched alkanes of at least 4 members (excludes halogenated alkanes) is 16. The molecule has 0 saturated carbocycles. The summed E-state index contributed by atoms with van der Waals surface area (Å²) in [5.74, 6) is 0. The highest BCUT2D eigenvalue weighted by atomic mass is 16.3. The second-order valence-corrected chi connectivity index (χ2v) is 34.9. The van der Waals surface area contributed by atoms with Crippen LogP contribution < -0.4 is 4.90 Å². The number of fused-ring (bicyclic) bond motifs is 36. The summed E-state index contributed by atoms with van der Waals surface area (Å²) in [6.45, 7) is 11.8. The van der Waals surface area contributed by atoms with Gasteiger partial charge in [-0.15, -0.1) is 0 Å². The van der Waals surface area contributed by atoms with Crippen LogP contribution in [0.2, 0.25) is 0 Å². The lowest BCUT2D eigenvalue weighted by Crippen LogP contribution is -2.33. The number of benzene rings is 13. The summed E-state index contributed by atoms with van der Waals surface area (Å²) in [7, 11) is 0. The maximum atomic E-state index is 7.66. The lowest BCUT2D eigenvalue weighted by molar-refractivity contribution is 0.369. The maximum Gasteiger partial charge on any atom is 0.144 e. The van der Waals surface area contributed by atoms with Crippen molar-refractivity contribution in [3.05, 3.63) is 327 Å². The number of nitrogens with zero attached hydrogens (tertiary/aromatic N) is 1. The lowest BCUT2D eigenvalue weighted by Gasteiger charge is -2.40. The van der Waals surface area contributed by atoms with Crippen molar-refractivity contribution in [3.63, 3.8) is 0 Å². The highest BCUT2D eigenvalue weighted by molar-refractivity contribution is 6.22. The van der Waals surface area contributed by atoms with E-state index >= 15 is 0 Å². The van der Waals surface area contributed by atoms with Crippen LogP contribution in [0.15, 0.2) is 264 Å². The second kappa shape index (κ2) is 28.4. The number of aryl methyl sites for hydroxylation is 1. The normalized spacial score (nSPS) is 15.0. The Morgan fingerprint density at radius 1 is 0.254 bits per heavy atom. The molecule has 6 aliphatic rings. The summed E-state index contributed by atoms with van der Waals surface area (Å²) >= 11 is 0. The van der Waals surface area contributed by atoms with Gasteiger partial charge in [0.1, 0.15) is 22.3 Å². The predicted molar refractivity (Wildman–Crippen MR) is 479 cm³/mol. The first-order chi connectivity index (χ1) is 56.3. The molecular weight excluding hydrogens is 1380 g/mol. The van der Waals surface area contributed by atoms with Gasteiger partial charge in [-0.2, -0.15) is 0 Å². The van der Waals surface area contributed by atoms with Gasteiger partial charge in [-0.05, 0) is 227 Å². The van der Waals surface area contributed by atoms with E-state index in [9.17, 15) is 0 Å². The van der Waals surface area contributed by atoms with Crippen molar-refractivity contribution in [3.8, 4) is 66.8 Å². The molecule has 566 valence electrons. The molecule has 0 aliphatic heterocycles. The number of furan rings is 2. The molecule has 3 nitrogen and oxygen atoms in total. The standard InChI is InChI=1S/C111H105NO2/c1-6-10-14-18-36-64-108(65-37-19-15-11-7-2)87-47-29-26-44-81(87)104-106(108)105-102(103-84-46-28-35-53-98(84)114-107(103)104)82-61-59-74(68-93(82)109(105,66-38-20-16-12-8-3)67-39-21-17-13-9-4)112(73-56-54-72(5)55-57-73)75-58-60-80-85-70-96-86(71-95(85)111(94(80)69-75)90-50-32-24-42-78(90)79-43-25-33-51-91(79)111)100-92(62-63-99-101(100)83-45-27-34-52-97(83)113-99)110(96)88-48-30-22-40-76(88)77-41-23-31-49-89(77)110/h22-35,40-63,68-71H,6-21,36-39,64-67H2,1-5H3. The van der Waals surface area contributed by atoms with E-state index in [-0.39, 0.29) is 10.8 Å². The zero-order valence-corrected chi connectivity index (χ0v) is 67.5. The molecule has 0 unspecified atom stereocenters. The van der Waals surface area contributed by atoms with Crippen molar-refractivity contribution in [2.24, 2.45) is 0 Å². The van der Waals surface area contributed by atoms with Gasteiger partial charge in [0.05, 0.1) is 10.8 Å². The minimum Gasteiger partial charge on any atom is -0.456 e. The van der Waals surface area contributed by atoms with Gasteiger partial charge in [0.15, 0.2) is 0 Å².